The number of hydrogen-bond donors (Lipinski definition) is 0. The van der Waals surface area contributed by atoms with Gasteiger partial charge in [-0.15, -0.1) is 5.10 Å². The van der Waals surface area contributed by atoms with Crippen molar-refractivity contribution in [2.24, 2.45) is 0 Å². The summed E-state index contributed by atoms with van der Waals surface area (Å²) in [7, 11) is 5.77. The number of ether oxygens (including phenoxy) is 1. The van der Waals surface area contributed by atoms with Gasteiger partial charge in [0.15, 0.2) is 5.65 Å². The van der Waals surface area contributed by atoms with Crippen molar-refractivity contribution in [2.45, 2.75) is 25.7 Å². The highest BCUT2D eigenvalue weighted by molar-refractivity contribution is 6.30. The van der Waals surface area contributed by atoms with E-state index in [1.165, 1.54) is 32.4 Å². The SMILES string of the molecule is [B]c1cnc2ccc(OCCCN3CCCCC3)nn12. The van der Waals surface area contributed by atoms with Gasteiger partial charge in [0, 0.05) is 24.4 Å². The van der Waals surface area contributed by atoms with Crippen LogP contribution in [0.3, 0.4) is 0 Å². The summed E-state index contributed by atoms with van der Waals surface area (Å²) in [4.78, 5) is 6.64. The molecule has 1 saturated heterocycles. The van der Waals surface area contributed by atoms with Crippen LogP contribution in [0.1, 0.15) is 25.7 Å². The third-order valence-electron chi connectivity index (χ3n) is 3.68. The fourth-order valence-corrected chi connectivity index (χ4v) is 2.60. The molecule has 1 aliphatic heterocycles. The van der Waals surface area contributed by atoms with Crippen LogP contribution in [0, 0.1) is 0 Å². The summed E-state index contributed by atoms with van der Waals surface area (Å²) in [6, 6.07) is 3.70. The van der Waals surface area contributed by atoms with Crippen LogP contribution in [-0.2, 0) is 0 Å². The van der Waals surface area contributed by atoms with Crippen LogP contribution in [0.25, 0.3) is 5.65 Å². The van der Waals surface area contributed by atoms with Crippen molar-refractivity contribution in [1.82, 2.24) is 19.5 Å². The summed E-state index contributed by atoms with van der Waals surface area (Å²) in [5, 5.41) is 4.31. The summed E-state index contributed by atoms with van der Waals surface area (Å²) < 4.78 is 7.28. The van der Waals surface area contributed by atoms with E-state index in [1.54, 1.807) is 10.7 Å². The zero-order chi connectivity index (χ0) is 13.8. The molecule has 0 unspecified atom stereocenters. The predicted molar refractivity (Wildman–Crippen MR) is 78.8 cm³/mol. The zero-order valence-corrected chi connectivity index (χ0v) is 11.7. The standard InChI is InChI=1S/C14H19BN4O/c15-12-11-16-13-5-6-14(17-19(12)13)20-10-4-9-18-7-2-1-3-8-18/h5-6,11H,1-4,7-10H2. The average molecular weight is 270 g/mol. The molecule has 0 aliphatic carbocycles. The lowest BCUT2D eigenvalue weighted by Crippen LogP contribution is -2.31. The van der Waals surface area contributed by atoms with E-state index >= 15 is 0 Å². The first-order chi connectivity index (χ1) is 9.83. The third kappa shape index (κ3) is 3.12. The Kier molecular flexibility index (Phi) is 4.21. The Labute approximate surface area is 120 Å². The highest BCUT2D eigenvalue weighted by atomic mass is 16.5. The fraction of sp³-hybridized carbons (Fsp3) is 0.571. The Morgan fingerprint density at radius 1 is 1.20 bits per heavy atom. The minimum atomic E-state index is 0.527. The molecule has 0 aromatic carbocycles. The van der Waals surface area contributed by atoms with Gasteiger partial charge in [-0.2, -0.15) is 0 Å². The molecule has 1 aliphatic rings. The molecule has 6 heteroatoms. The first-order valence-corrected chi connectivity index (χ1v) is 7.28. The van der Waals surface area contributed by atoms with Gasteiger partial charge < -0.3 is 9.64 Å². The normalized spacial score (nSPS) is 16.6. The van der Waals surface area contributed by atoms with Gasteiger partial charge in [0.05, 0.1) is 6.61 Å². The second-order valence-electron chi connectivity index (χ2n) is 5.23. The molecule has 2 radical (unpaired) electrons. The number of imidazole rings is 1. The van der Waals surface area contributed by atoms with Gasteiger partial charge in [-0.05, 0) is 38.4 Å². The first-order valence-electron chi connectivity index (χ1n) is 7.28. The molecular formula is C14H19BN4O. The Morgan fingerprint density at radius 3 is 2.90 bits per heavy atom. The van der Waals surface area contributed by atoms with Crippen LogP contribution < -0.4 is 10.3 Å². The molecule has 1 fully saturated rings. The maximum absolute atomic E-state index is 5.77. The van der Waals surface area contributed by atoms with E-state index in [1.807, 2.05) is 12.1 Å². The molecular weight excluding hydrogens is 251 g/mol. The predicted octanol–water partition coefficient (Wildman–Crippen LogP) is 0.778. The second kappa shape index (κ2) is 6.26. The third-order valence-corrected chi connectivity index (χ3v) is 3.68. The lowest BCUT2D eigenvalue weighted by molar-refractivity contribution is 0.202. The maximum Gasteiger partial charge on any atom is 0.231 e. The molecule has 5 nitrogen and oxygen atoms in total. The molecule has 3 heterocycles. The van der Waals surface area contributed by atoms with Crippen molar-refractivity contribution in [3.05, 3.63) is 18.3 Å². The number of likely N-dealkylation sites (tertiary alicyclic amines) is 1. The molecule has 104 valence electrons. The molecule has 3 rings (SSSR count). The van der Waals surface area contributed by atoms with Gasteiger partial charge in [0.2, 0.25) is 5.88 Å². The van der Waals surface area contributed by atoms with E-state index in [0.29, 0.717) is 18.1 Å². The van der Waals surface area contributed by atoms with Crippen LogP contribution in [0.15, 0.2) is 18.3 Å². The van der Waals surface area contributed by atoms with Crippen LogP contribution in [0.2, 0.25) is 0 Å². The first kappa shape index (κ1) is 13.4. The molecule has 20 heavy (non-hydrogen) atoms. The van der Waals surface area contributed by atoms with Crippen LogP contribution >= 0.6 is 0 Å². The van der Waals surface area contributed by atoms with E-state index in [4.69, 9.17) is 12.6 Å². The van der Waals surface area contributed by atoms with Gasteiger partial charge in [0.25, 0.3) is 0 Å². The van der Waals surface area contributed by atoms with E-state index in [0.717, 1.165) is 18.6 Å². The van der Waals surface area contributed by atoms with Crippen LogP contribution in [0.4, 0.5) is 0 Å². The highest BCUT2D eigenvalue weighted by Crippen LogP contribution is 2.10. The maximum atomic E-state index is 5.77. The number of nitrogens with zero attached hydrogens (tertiary/aromatic N) is 4. The number of hydrogen-bond acceptors (Lipinski definition) is 4. The minimum Gasteiger partial charge on any atom is -0.477 e. The second-order valence-corrected chi connectivity index (χ2v) is 5.23. The van der Waals surface area contributed by atoms with Gasteiger partial charge in [-0.25, -0.2) is 9.50 Å². The van der Waals surface area contributed by atoms with Crippen molar-refractivity contribution in [1.29, 1.82) is 0 Å². The van der Waals surface area contributed by atoms with Crippen LogP contribution in [0.5, 0.6) is 5.88 Å². The van der Waals surface area contributed by atoms with Gasteiger partial charge in [0.1, 0.15) is 7.85 Å². The van der Waals surface area contributed by atoms with Crippen molar-refractivity contribution < 1.29 is 4.74 Å². The van der Waals surface area contributed by atoms with Crippen molar-refractivity contribution >= 4 is 19.1 Å². The van der Waals surface area contributed by atoms with E-state index in [9.17, 15) is 0 Å². The summed E-state index contributed by atoms with van der Waals surface area (Å²) in [6.45, 7) is 4.25. The van der Waals surface area contributed by atoms with Gasteiger partial charge in [-0.1, -0.05) is 6.42 Å². The molecule has 0 atom stereocenters. The minimum absolute atomic E-state index is 0.527. The van der Waals surface area contributed by atoms with Crippen molar-refractivity contribution in [3.63, 3.8) is 0 Å². The average Bonchev–Trinajstić information content (AvgIpc) is 2.86. The zero-order valence-electron chi connectivity index (χ0n) is 11.7. The lowest BCUT2D eigenvalue weighted by Gasteiger charge is -2.26. The van der Waals surface area contributed by atoms with E-state index in [2.05, 4.69) is 15.0 Å². The topological polar surface area (TPSA) is 42.7 Å². The quantitative estimate of drug-likeness (QED) is 0.595. The summed E-state index contributed by atoms with van der Waals surface area (Å²) in [5.74, 6) is 0.598. The summed E-state index contributed by atoms with van der Waals surface area (Å²) >= 11 is 0. The molecule has 0 spiro atoms. The molecule has 2 aromatic rings. The molecule has 2 aromatic heterocycles. The van der Waals surface area contributed by atoms with Gasteiger partial charge in [-0.3, -0.25) is 0 Å². The lowest BCUT2D eigenvalue weighted by atomic mass is 10.1. The molecule has 0 saturated carbocycles. The smallest absolute Gasteiger partial charge is 0.231 e. The molecule has 0 amide bonds. The Morgan fingerprint density at radius 2 is 2.05 bits per heavy atom. The summed E-state index contributed by atoms with van der Waals surface area (Å²) in [5.41, 5.74) is 1.27. The fourth-order valence-electron chi connectivity index (χ4n) is 2.60. The van der Waals surface area contributed by atoms with Gasteiger partial charge >= 0.3 is 0 Å². The largest absolute Gasteiger partial charge is 0.477 e. The number of piperidine rings is 1. The molecule has 0 bridgehead atoms. The molecule has 0 N–H and O–H groups in total. The van der Waals surface area contributed by atoms with E-state index in [-0.39, 0.29) is 0 Å². The van der Waals surface area contributed by atoms with E-state index < -0.39 is 0 Å². The number of aromatic nitrogens is 3. The Balaban J connectivity index is 1.48. The van der Waals surface area contributed by atoms with Crippen molar-refractivity contribution in [2.75, 3.05) is 26.2 Å². The van der Waals surface area contributed by atoms with Crippen LogP contribution in [-0.4, -0.2) is 53.6 Å². The number of fused-ring (bicyclic) bond motifs is 1. The van der Waals surface area contributed by atoms with Crippen molar-refractivity contribution in [3.8, 4) is 5.88 Å². The Hall–Kier alpha value is -1.56. The monoisotopic (exact) mass is 270 g/mol. The Bertz CT molecular complexity index is 565. The summed E-state index contributed by atoms with van der Waals surface area (Å²) in [6.07, 6.45) is 6.67. The number of rotatable bonds is 5. The highest BCUT2D eigenvalue weighted by Gasteiger charge is 2.09.